The molecule has 1 fully saturated rings. The van der Waals surface area contributed by atoms with E-state index in [-0.39, 0.29) is 23.8 Å². The van der Waals surface area contributed by atoms with Crippen molar-refractivity contribution < 1.29 is 19.5 Å². The molecule has 174 valence electrons. The van der Waals surface area contributed by atoms with Gasteiger partial charge in [-0.25, -0.2) is 4.79 Å². The Morgan fingerprint density at radius 1 is 0.909 bits per heavy atom. The Balaban J connectivity index is 1.22. The summed E-state index contributed by atoms with van der Waals surface area (Å²) in [5.41, 5.74) is 3.03. The van der Waals surface area contributed by atoms with Crippen LogP contribution in [-0.2, 0) is 27.3 Å². The summed E-state index contributed by atoms with van der Waals surface area (Å²) in [7, 11) is 0. The summed E-state index contributed by atoms with van der Waals surface area (Å²) in [5, 5.41) is 18.6. The first-order valence-corrected chi connectivity index (χ1v) is 11.7. The number of benzene rings is 2. The second-order valence-corrected chi connectivity index (χ2v) is 9.06. The number of hydrogen-bond donors (Lipinski definition) is 4. The number of carbonyl (C=O) groups excluding carboxylic acids is 2. The van der Waals surface area contributed by atoms with Crippen LogP contribution in [0, 0.1) is 11.8 Å². The summed E-state index contributed by atoms with van der Waals surface area (Å²) < 4.78 is 0. The fraction of sp³-hybridized carbons (Fsp3) is 0.423. The Labute approximate surface area is 194 Å². The van der Waals surface area contributed by atoms with Crippen LogP contribution in [0.4, 0.5) is 0 Å². The third-order valence-electron chi connectivity index (χ3n) is 6.85. The van der Waals surface area contributed by atoms with E-state index in [4.69, 9.17) is 0 Å². The van der Waals surface area contributed by atoms with Crippen molar-refractivity contribution in [2.45, 2.75) is 50.7 Å². The number of fused-ring (bicyclic) bond motifs is 1. The zero-order valence-electron chi connectivity index (χ0n) is 18.6. The third-order valence-corrected chi connectivity index (χ3v) is 6.85. The smallest absolute Gasteiger partial charge is 0.330 e. The maximum atomic E-state index is 12.7. The van der Waals surface area contributed by atoms with Crippen LogP contribution in [0.2, 0.25) is 0 Å². The summed E-state index contributed by atoms with van der Waals surface area (Å²) in [4.78, 5) is 37.0. The first kappa shape index (κ1) is 23.0. The maximum Gasteiger partial charge on any atom is 0.330 e. The number of amides is 2. The van der Waals surface area contributed by atoms with Gasteiger partial charge in [0.15, 0.2) is 6.04 Å². The number of hydrogen-bond acceptors (Lipinski definition) is 4. The van der Waals surface area contributed by atoms with Crippen LogP contribution < -0.4 is 16.0 Å². The number of carboxylic acids is 1. The largest absolute Gasteiger partial charge is 0.479 e. The molecule has 7 heteroatoms. The van der Waals surface area contributed by atoms with E-state index < -0.39 is 12.0 Å². The normalized spacial score (nSPS) is 23.1. The molecule has 0 spiro atoms. The SMILES string of the molecule is O=C(N[C@@H](C(=O)O)c1ccccc1)C1CCC(CNC(=O)[C@@H]2Cc3ccccc3CN2)CC1. The van der Waals surface area contributed by atoms with Crippen LogP contribution in [0.15, 0.2) is 54.6 Å². The average Bonchev–Trinajstić information content (AvgIpc) is 2.86. The summed E-state index contributed by atoms with van der Waals surface area (Å²) in [5.74, 6) is -1.11. The van der Waals surface area contributed by atoms with Gasteiger partial charge in [-0.2, -0.15) is 0 Å². The Hall–Kier alpha value is -3.19. The van der Waals surface area contributed by atoms with Crippen molar-refractivity contribution in [3.63, 3.8) is 0 Å². The van der Waals surface area contributed by atoms with Crippen LogP contribution in [-0.4, -0.2) is 35.5 Å². The molecule has 2 aromatic carbocycles. The van der Waals surface area contributed by atoms with Gasteiger partial charge in [-0.15, -0.1) is 0 Å². The molecule has 2 aromatic rings. The second-order valence-electron chi connectivity index (χ2n) is 9.06. The highest BCUT2D eigenvalue weighted by Gasteiger charge is 2.31. The molecule has 0 unspecified atom stereocenters. The molecule has 4 N–H and O–H groups in total. The molecule has 7 nitrogen and oxygen atoms in total. The Morgan fingerprint density at radius 2 is 1.58 bits per heavy atom. The topological polar surface area (TPSA) is 108 Å². The Bertz CT molecular complexity index is 986. The molecule has 0 aromatic heterocycles. The molecule has 0 saturated heterocycles. The minimum Gasteiger partial charge on any atom is -0.479 e. The van der Waals surface area contributed by atoms with E-state index >= 15 is 0 Å². The summed E-state index contributed by atoms with van der Waals surface area (Å²) in [6.07, 6.45) is 3.76. The summed E-state index contributed by atoms with van der Waals surface area (Å²) >= 11 is 0. The lowest BCUT2D eigenvalue weighted by atomic mass is 9.81. The van der Waals surface area contributed by atoms with Gasteiger partial charge < -0.3 is 21.1 Å². The van der Waals surface area contributed by atoms with Crippen molar-refractivity contribution in [2.75, 3.05) is 6.54 Å². The first-order chi connectivity index (χ1) is 16.0. The van der Waals surface area contributed by atoms with Gasteiger partial charge in [0.1, 0.15) is 0 Å². The quantitative estimate of drug-likeness (QED) is 0.520. The van der Waals surface area contributed by atoms with E-state index in [1.807, 2.05) is 18.2 Å². The van der Waals surface area contributed by atoms with Crippen molar-refractivity contribution in [2.24, 2.45) is 11.8 Å². The third kappa shape index (κ3) is 5.79. The molecule has 4 rings (SSSR count). The lowest BCUT2D eigenvalue weighted by Gasteiger charge is -2.30. The molecule has 0 radical (unpaired) electrons. The van der Waals surface area contributed by atoms with E-state index in [1.54, 1.807) is 24.3 Å². The van der Waals surface area contributed by atoms with Gasteiger partial charge >= 0.3 is 5.97 Å². The van der Waals surface area contributed by atoms with Crippen LogP contribution >= 0.6 is 0 Å². The van der Waals surface area contributed by atoms with Gasteiger partial charge in [0, 0.05) is 19.0 Å². The minimum atomic E-state index is -1.06. The predicted molar refractivity (Wildman–Crippen MR) is 124 cm³/mol. The summed E-state index contributed by atoms with van der Waals surface area (Å²) in [6, 6.07) is 15.7. The molecule has 1 aliphatic carbocycles. The molecule has 0 bridgehead atoms. The number of carbonyl (C=O) groups is 3. The highest BCUT2D eigenvalue weighted by molar-refractivity contribution is 5.86. The highest BCUT2D eigenvalue weighted by Crippen LogP contribution is 2.29. The van der Waals surface area contributed by atoms with Crippen LogP contribution in [0.1, 0.15) is 48.4 Å². The molecule has 2 amide bonds. The van der Waals surface area contributed by atoms with Crippen LogP contribution in [0.3, 0.4) is 0 Å². The fourth-order valence-corrected chi connectivity index (χ4v) is 4.83. The molecule has 33 heavy (non-hydrogen) atoms. The second kappa shape index (κ2) is 10.6. The van der Waals surface area contributed by atoms with Crippen molar-refractivity contribution in [1.29, 1.82) is 0 Å². The molecule has 2 aliphatic rings. The van der Waals surface area contributed by atoms with Crippen LogP contribution in [0.5, 0.6) is 0 Å². The van der Waals surface area contributed by atoms with Crippen LogP contribution in [0.25, 0.3) is 0 Å². The molecular weight excluding hydrogens is 418 g/mol. The van der Waals surface area contributed by atoms with Crippen molar-refractivity contribution >= 4 is 17.8 Å². The first-order valence-electron chi connectivity index (χ1n) is 11.7. The van der Waals surface area contributed by atoms with Crippen molar-refractivity contribution in [1.82, 2.24) is 16.0 Å². The van der Waals surface area contributed by atoms with E-state index in [0.29, 0.717) is 43.8 Å². The maximum absolute atomic E-state index is 12.7. The monoisotopic (exact) mass is 449 g/mol. The number of rotatable bonds is 7. The molecule has 1 heterocycles. The standard InChI is InChI=1S/C26H31N3O4/c30-24(29-23(26(32)33)18-6-2-1-3-7-18)19-12-10-17(11-13-19)15-28-25(31)22-14-20-8-4-5-9-21(20)16-27-22/h1-9,17,19,22-23,27H,10-16H2,(H,28,31)(H,29,30)(H,32,33)/t17?,19?,22-,23+/m0/s1. The van der Waals surface area contributed by atoms with Gasteiger partial charge in [0.2, 0.25) is 11.8 Å². The molecule has 1 saturated carbocycles. The zero-order valence-corrected chi connectivity index (χ0v) is 18.6. The lowest BCUT2D eigenvalue weighted by molar-refractivity contribution is -0.143. The predicted octanol–water partition coefficient (Wildman–Crippen LogP) is 2.57. The number of nitrogens with one attached hydrogen (secondary N) is 3. The number of carboxylic acid groups (broad SMARTS) is 1. The number of aliphatic carboxylic acids is 1. The zero-order chi connectivity index (χ0) is 23.2. The Kier molecular flexibility index (Phi) is 7.40. The van der Waals surface area contributed by atoms with Gasteiger partial charge in [-0.1, -0.05) is 54.6 Å². The van der Waals surface area contributed by atoms with Crippen molar-refractivity contribution in [3.05, 3.63) is 71.3 Å². The Morgan fingerprint density at radius 3 is 2.27 bits per heavy atom. The average molecular weight is 450 g/mol. The van der Waals surface area contributed by atoms with E-state index in [0.717, 1.165) is 12.8 Å². The fourth-order valence-electron chi connectivity index (χ4n) is 4.83. The molecular formula is C26H31N3O4. The highest BCUT2D eigenvalue weighted by atomic mass is 16.4. The van der Waals surface area contributed by atoms with E-state index in [1.165, 1.54) is 11.1 Å². The van der Waals surface area contributed by atoms with Gasteiger partial charge in [-0.3, -0.25) is 9.59 Å². The minimum absolute atomic E-state index is 0.0246. The van der Waals surface area contributed by atoms with Crippen molar-refractivity contribution in [3.8, 4) is 0 Å². The molecule has 1 aliphatic heterocycles. The summed E-state index contributed by atoms with van der Waals surface area (Å²) in [6.45, 7) is 1.31. The van der Waals surface area contributed by atoms with Gasteiger partial charge in [0.05, 0.1) is 6.04 Å². The van der Waals surface area contributed by atoms with E-state index in [9.17, 15) is 19.5 Å². The van der Waals surface area contributed by atoms with Gasteiger partial charge in [-0.05, 0) is 54.7 Å². The van der Waals surface area contributed by atoms with Gasteiger partial charge in [0.25, 0.3) is 0 Å². The molecule has 2 atom stereocenters. The van der Waals surface area contributed by atoms with E-state index in [2.05, 4.69) is 28.1 Å². The lowest BCUT2D eigenvalue weighted by Crippen LogP contribution is -2.48.